The van der Waals surface area contributed by atoms with Crippen LogP contribution in [0.1, 0.15) is 46.2 Å². The summed E-state index contributed by atoms with van der Waals surface area (Å²) in [5, 5.41) is 11.5. The van der Waals surface area contributed by atoms with Crippen LogP contribution in [-0.2, 0) is 16.0 Å². The fourth-order valence-corrected chi connectivity index (χ4v) is 2.40. The molecule has 0 saturated heterocycles. The first-order chi connectivity index (χ1) is 9.65. The summed E-state index contributed by atoms with van der Waals surface area (Å²) in [7, 11) is 0. The Hall–Kier alpha value is -1.91. The smallest absolute Gasteiger partial charge is 0.309 e. The van der Waals surface area contributed by atoms with Gasteiger partial charge in [-0.3, -0.25) is 14.6 Å². The lowest BCUT2D eigenvalue weighted by Crippen LogP contribution is -2.19. The number of nitrogens with one attached hydrogen (secondary N) is 1. The molecule has 1 unspecified atom stereocenters. The number of carboxylic acids is 1. The Bertz CT molecular complexity index is 489. The quantitative estimate of drug-likeness (QED) is 0.844. The number of nitrogens with zero attached hydrogens (tertiary/aromatic N) is 1. The second kappa shape index (κ2) is 7.20. The van der Waals surface area contributed by atoms with E-state index in [-0.39, 0.29) is 17.7 Å². The van der Waals surface area contributed by atoms with E-state index in [4.69, 9.17) is 5.11 Å². The highest BCUT2D eigenvalue weighted by atomic mass is 16.4. The molecular formula is C16H24N2O3. The SMILES string of the molecule is CC(CC(=O)Nc1ccc(CC(=O)O)nc1)CC(C)(C)C. The van der Waals surface area contributed by atoms with Crippen molar-refractivity contribution in [1.29, 1.82) is 0 Å². The molecule has 0 aliphatic carbocycles. The molecule has 1 rings (SSSR count). The molecule has 1 atom stereocenters. The van der Waals surface area contributed by atoms with E-state index >= 15 is 0 Å². The third kappa shape index (κ3) is 7.44. The Morgan fingerprint density at radius 2 is 2.00 bits per heavy atom. The van der Waals surface area contributed by atoms with Gasteiger partial charge in [0, 0.05) is 6.42 Å². The molecule has 0 bridgehead atoms. The second-order valence-electron chi connectivity index (χ2n) is 6.73. The van der Waals surface area contributed by atoms with Gasteiger partial charge in [0.1, 0.15) is 0 Å². The van der Waals surface area contributed by atoms with Crippen LogP contribution in [0.15, 0.2) is 18.3 Å². The standard InChI is InChI=1S/C16H24N2O3/c1-11(9-16(2,3)4)7-14(19)18-13-6-5-12(17-10-13)8-15(20)21/h5-6,10-11H,7-9H2,1-4H3,(H,18,19)(H,20,21). The molecule has 0 aliphatic heterocycles. The third-order valence-corrected chi connectivity index (χ3v) is 2.94. The molecule has 0 fully saturated rings. The Morgan fingerprint density at radius 3 is 2.48 bits per heavy atom. The molecule has 5 nitrogen and oxygen atoms in total. The van der Waals surface area contributed by atoms with E-state index in [1.54, 1.807) is 12.1 Å². The van der Waals surface area contributed by atoms with Crippen LogP contribution in [0.25, 0.3) is 0 Å². The topological polar surface area (TPSA) is 79.3 Å². The molecule has 0 spiro atoms. The van der Waals surface area contributed by atoms with Crippen molar-refractivity contribution in [3.8, 4) is 0 Å². The van der Waals surface area contributed by atoms with E-state index in [0.29, 0.717) is 23.7 Å². The fourth-order valence-electron chi connectivity index (χ4n) is 2.40. The molecule has 116 valence electrons. The predicted octanol–water partition coefficient (Wildman–Crippen LogP) is 3.11. The van der Waals surface area contributed by atoms with Gasteiger partial charge in [-0.2, -0.15) is 0 Å². The van der Waals surface area contributed by atoms with Gasteiger partial charge in [-0.15, -0.1) is 0 Å². The highest BCUT2D eigenvalue weighted by molar-refractivity contribution is 5.90. The third-order valence-electron chi connectivity index (χ3n) is 2.94. The number of rotatable bonds is 6. The monoisotopic (exact) mass is 292 g/mol. The number of carbonyl (C=O) groups excluding carboxylic acids is 1. The second-order valence-corrected chi connectivity index (χ2v) is 6.73. The zero-order chi connectivity index (χ0) is 16.0. The molecule has 1 aromatic heterocycles. The minimum absolute atomic E-state index is 0.0421. The predicted molar refractivity (Wildman–Crippen MR) is 82.1 cm³/mol. The van der Waals surface area contributed by atoms with Gasteiger partial charge in [0.25, 0.3) is 0 Å². The highest BCUT2D eigenvalue weighted by Crippen LogP contribution is 2.26. The van der Waals surface area contributed by atoms with Crippen molar-refractivity contribution in [2.24, 2.45) is 11.3 Å². The van der Waals surface area contributed by atoms with E-state index in [1.807, 2.05) is 0 Å². The van der Waals surface area contributed by atoms with Crippen LogP contribution in [0.2, 0.25) is 0 Å². The van der Waals surface area contributed by atoms with Crippen LogP contribution in [-0.4, -0.2) is 22.0 Å². The molecule has 1 heterocycles. The number of carboxylic acid groups (broad SMARTS) is 1. The number of pyridine rings is 1. The maximum atomic E-state index is 11.9. The van der Waals surface area contributed by atoms with Crippen LogP contribution >= 0.6 is 0 Å². The van der Waals surface area contributed by atoms with Crippen molar-refractivity contribution in [2.75, 3.05) is 5.32 Å². The molecular weight excluding hydrogens is 268 g/mol. The average molecular weight is 292 g/mol. The molecule has 0 aliphatic rings. The van der Waals surface area contributed by atoms with Gasteiger partial charge in [0.15, 0.2) is 0 Å². The van der Waals surface area contributed by atoms with E-state index in [2.05, 4.69) is 38.0 Å². The molecule has 2 N–H and O–H groups in total. The number of hydrogen-bond acceptors (Lipinski definition) is 3. The van der Waals surface area contributed by atoms with E-state index in [9.17, 15) is 9.59 Å². The van der Waals surface area contributed by atoms with Gasteiger partial charge in [0.05, 0.1) is 24.0 Å². The van der Waals surface area contributed by atoms with Crippen LogP contribution in [0.4, 0.5) is 5.69 Å². The van der Waals surface area contributed by atoms with Crippen molar-refractivity contribution in [3.05, 3.63) is 24.0 Å². The number of hydrogen-bond donors (Lipinski definition) is 2. The molecule has 1 amide bonds. The zero-order valence-corrected chi connectivity index (χ0v) is 13.1. The van der Waals surface area contributed by atoms with Gasteiger partial charge in [-0.25, -0.2) is 0 Å². The van der Waals surface area contributed by atoms with Crippen molar-refractivity contribution in [2.45, 2.75) is 47.0 Å². The Kier molecular flexibility index (Phi) is 5.88. The normalized spacial score (nSPS) is 12.8. The van der Waals surface area contributed by atoms with Crippen molar-refractivity contribution in [3.63, 3.8) is 0 Å². The zero-order valence-electron chi connectivity index (χ0n) is 13.1. The summed E-state index contributed by atoms with van der Waals surface area (Å²) in [6.07, 6.45) is 2.83. The summed E-state index contributed by atoms with van der Waals surface area (Å²) < 4.78 is 0. The van der Waals surface area contributed by atoms with Gasteiger partial charge >= 0.3 is 5.97 Å². The number of aliphatic carboxylic acids is 1. The van der Waals surface area contributed by atoms with Crippen LogP contribution in [0.3, 0.4) is 0 Å². The van der Waals surface area contributed by atoms with E-state index in [0.717, 1.165) is 6.42 Å². The highest BCUT2D eigenvalue weighted by Gasteiger charge is 2.17. The lowest BCUT2D eigenvalue weighted by Gasteiger charge is -2.22. The summed E-state index contributed by atoms with van der Waals surface area (Å²) in [4.78, 5) is 26.5. The summed E-state index contributed by atoms with van der Waals surface area (Å²) >= 11 is 0. The maximum absolute atomic E-state index is 11.9. The largest absolute Gasteiger partial charge is 0.481 e. The summed E-state index contributed by atoms with van der Waals surface area (Å²) in [5.74, 6) is -0.654. The van der Waals surface area contributed by atoms with Crippen LogP contribution in [0.5, 0.6) is 0 Å². The molecule has 21 heavy (non-hydrogen) atoms. The first-order valence-electron chi connectivity index (χ1n) is 7.12. The van der Waals surface area contributed by atoms with Gasteiger partial charge in [0.2, 0.25) is 5.91 Å². The average Bonchev–Trinajstić information content (AvgIpc) is 2.28. The van der Waals surface area contributed by atoms with E-state index < -0.39 is 5.97 Å². The number of carbonyl (C=O) groups is 2. The molecule has 5 heteroatoms. The molecule has 0 radical (unpaired) electrons. The number of amides is 1. The molecule has 0 saturated carbocycles. The van der Waals surface area contributed by atoms with E-state index in [1.165, 1.54) is 6.20 Å². The number of anilines is 1. The van der Waals surface area contributed by atoms with Crippen molar-refractivity contribution >= 4 is 17.6 Å². The van der Waals surface area contributed by atoms with Crippen molar-refractivity contribution < 1.29 is 14.7 Å². The number of aromatic nitrogens is 1. The lowest BCUT2D eigenvalue weighted by atomic mass is 9.84. The molecule has 1 aromatic rings. The first kappa shape index (κ1) is 17.1. The fraction of sp³-hybridized carbons (Fsp3) is 0.562. The summed E-state index contributed by atoms with van der Waals surface area (Å²) in [6.45, 7) is 8.55. The van der Waals surface area contributed by atoms with Crippen molar-refractivity contribution in [1.82, 2.24) is 4.98 Å². The molecule has 0 aromatic carbocycles. The Balaban J connectivity index is 2.49. The van der Waals surface area contributed by atoms with Gasteiger partial charge < -0.3 is 10.4 Å². The first-order valence-corrected chi connectivity index (χ1v) is 7.12. The minimum Gasteiger partial charge on any atom is -0.481 e. The Morgan fingerprint density at radius 1 is 1.33 bits per heavy atom. The van der Waals surface area contributed by atoms with Gasteiger partial charge in [-0.05, 0) is 29.9 Å². The minimum atomic E-state index is -0.921. The van der Waals surface area contributed by atoms with Gasteiger partial charge in [-0.1, -0.05) is 27.7 Å². The summed E-state index contributed by atoms with van der Waals surface area (Å²) in [5.41, 5.74) is 1.28. The van der Waals surface area contributed by atoms with Crippen LogP contribution in [0, 0.1) is 11.3 Å². The lowest BCUT2D eigenvalue weighted by molar-refractivity contribution is -0.136. The maximum Gasteiger partial charge on any atom is 0.309 e. The Labute approximate surface area is 125 Å². The summed E-state index contributed by atoms with van der Waals surface area (Å²) in [6, 6.07) is 3.29. The van der Waals surface area contributed by atoms with Crippen LogP contribution < -0.4 is 5.32 Å².